The molecule has 0 amide bonds. The molecule has 0 N–H and O–H groups in total. The van der Waals surface area contributed by atoms with Crippen LogP contribution in [0.25, 0.3) is 32.0 Å². The van der Waals surface area contributed by atoms with Crippen molar-refractivity contribution in [1.29, 1.82) is 0 Å². The van der Waals surface area contributed by atoms with Crippen LogP contribution >= 0.6 is 22.7 Å². The Labute approximate surface area is 229 Å². The molecule has 0 spiro atoms. The zero-order valence-electron chi connectivity index (χ0n) is 21.2. The largest absolute Gasteiger partial charge is 0.497 e. The van der Waals surface area contributed by atoms with Crippen LogP contribution in [0.1, 0.15) is 20.9 Å². The third kappa shape index (κ3) is 4.15. The van der Waals surface area contributed by atoms with Crippen LogP contribution in [0.5, 0.6) is 11.5 Å². The summed E-state index contributed by atoms with van der Waals surface area (Å²) in [5.74, 6) is -14.7. The van der Waals surface area contributed by atoms with Crippen LogP contribution in [-0.2, 0) is 0 Å². The number of hydrogen-bond acceptors (Lipinski definition) is 4. The maximum atomic E-state index is 15.4. The Morgan fingerprint density at radius 1 is 0.615 bits per heavy atom. The Kier molecular flexibility index (Phi) is 6.62. The monoisotopic (exact) mass is 580 g/mol. The molecule has 204 valence electrons. The van der Waals surface area contributed by atoms with Crippen molar-refractivity contribution >= 4 is 33.8 Å². The van der Waals surface area contributed by atoms with E-state index in [1.54, 1.807) is 55.5 Å². The standard InChI is InChI=1S/C29H22F6O2S2/c1-15-13-23(39-26(15)18-7-11-20(37-4)12-8-18)25-24(27(30,31)29(34,35)28(25,32)33)21-14-22(38-16(21)2)17-5-9-19(36-3)10-6-17/h5-14H,1-4H3. The smallest absolute Gasteiger partial charge is 0.380 e. The molecule has 0 fully saturated rings. The fraction of sp³-hybridized carbons (Fsp3) is 0.241. The predicted octanol–water partition coefficient (Wildman–Crippen LogP) is 9.61. The second-order valence-corrected chi connectivity index (χ2v) is 11.4. The molecule has 0 aliphatic heterocycles. The average Bonchev–Trinajstić information content (AvgIpc) is 3.51. The molecule has 4 aromatic rings. The molecule has 39 heavy (non-hydrogen) atoms. The third-order valence-electron chi connectivity index (χ3n) is 6.74. The summed E-state index contributed by atoms with van der Waals surface area (Å²) in [6.07, 6.45) is 0. The number of ether oxygens (including phenoxy) is 2. The maximum Gasteiger partial charge on any atom is 0.380 e. The maximum absolute atomic E-state index is 15.4. The molecule has 2 nitrogen and oxygen atoms in total. The topological polar surface area (TPSA) is 18.5 Å². The summed E-state index contributed by atoms with van der Waals surface area (Å²) in [4.78, 5) is 0.888. The van der Waals surface area contributed by atoms with Gasteiger partial charge in [0.25, 0.3) is 0 Å². The van der Waals surface area contributed by atoms with Crippen LogP contribution in [0.4, 0.5) is 26.3 Å². The summed E-state index contributed by atoms with van der Waals surface area (Å²) in [5, 5.41) is 0. The lowest BCUT2D eigenvalue weighted by molar-refractivity contribution is -0.254. The molecule has 0 saturated carbocycles. The van der Waals surface area contributed by atoms with Gasteiger partial charge in [0.2, 0.25) is 0 Å². The van der Waals surface area contributed by atoms with Gasteiger partial charge in [-0.05, 0) is 96.8 Å². The highest BCUT2D eigenvalue weighted by Crippen LogP contribution is 2.66. The lowest BCUT2D eigenvalue weighted by Crippen LogP contribution is -2.48. The molecule has 0 radical (unpaired) electrons. The molecular formula is C29H22F6O2S2. The van der Waals surface area contributed by atoms with Crippen molar-refractivity contribution in [2.75, 3.05) is 14.2 Å². The summed E-state index contributed by atoms with van der Waals surface area (Å²) in [6.45, 7) is 3.09. The van der Waals surface area contributed by atoms with Crippen molar-refractivity contribution in [3.05, 3.63) is 81.5 Å². The van der Waals surface area contributed by atoms with E-state index in [0.29, 0.717) is 37.9 Å². The van der Waals surface area contributed by atoms with Crippen LogP contribution in [0, 0.1) is 13.8 Å². The van der Waals surface area contributed by atoms with Crippen molar-refractivity contribution in [1.82, 2.24) is 0 Å². The minimum Gasteiger partial charge on any atom is -0.497 e. The van der Waals surface area contributed by atoms with Gasteiger partial charge in [0.15, 0.2) is 0 Å². The van der Waals surface area contributed by atoms with Crippen molar-refractivity contribution in [2.45, 2.75) is 31.6 Å². The van der Waals surface area contributed by atoms with Crippen LogP contribution in [0.2, 0.25) is 0 Å². The Hall–Kier alpha value is -3.24. The van der Waals surface area contributed by atoms with E-state index >= 15 is 17.6 Å². The number of aryl methyl sites for hydroxylation is 2. The molecule has 10 heteroatoms. The van der Waals surface area contributed by atoms with Crippen LogP contribution in [-0.4, -0.2) is 32.0 Å². The number of rotatable bonds is 6. The van der Waals surface area contributed by atoms with Gasteiger partial charge in [-0.3, -0.25) is 0 Å². The van der Waals surface area contributed by atoms with Gasteiger partial charge in [-0.2, -0.15) is 26.3 Å². The van der Waals surface area contributed by atoms with Crippen LogP contribution in [0.15, 0.2) is 60.7 Å². The van der Waals surface area contributed by atoms with Gasteiger partial charge in [0, 0.05) is 25.1 Å². The van der Waals surface area contributed by atoms with Crippen molar-refractivity contribution in [3.63, 3.8) is 0 Å². The van der Waals surface area contributed by atoms with Crippen molar-refractivity contribution in [3.8, 4) is 32.4 Å². The van der Waals surface area contributed by atoms with E-state index in [1.165, 1.54) is 33.3 Å². The van der Waals surface area contributed by atoms with E-state index in [9.17, 15) is 8.78 Å². The molecule has 2 aromatic carbocycles. The Morgan fingerprint density at radius 3 is 1.67 bits per heavy atom. The van der Waals surface area contributed by atoms with E-state index in [-0.39, 0.29) is 15.3 Å². The number of halogens is 6. The van der Waals surface area contributed by atoms with Gasteiger partial charge in [-0.15, -0.1) is 22.7 Å². The zero-order chi connectivity index (χ0) is 28.3. The van der Waals surface area contributed by atoms with Gasteiger partial charge in [-0.1, -0.05) is 0 Å². The Morgan fingerprint density at radius 2 is 1.13 bits per heavy atom. The number of allylic oxidation sites excluding steroid dienone is 2. The molecule has 0 bridgehead atoms. The van der Waals surface area contributed by atoms with Gasteiger partial charge in [0.05, 0.1) is 19.8 Å². The summed E-state index contributed by atoms with van der Waals surface area (Å²) >= 11 is 1.85. The number of thiophene rings is 2. The number of benzene rings is 2. The fourth-order valence-corrected chi connectivity index (χ4v) is 6.96. The molecule has 0 saturated heterocycles. The second-order valence-electron chi connectivity index (χ2n) is 9.13. The van der Waals surface area contributed by atoms with Gasteiger partial charge >= 0.3 is 17.8 Å². The van der Waals surface area contributed by atoms with Crippen LogP contribution < -0.4 is 9.47 Å². The van der Waals surface area contributed by atoms with Gasteiger partial charge in [-0.25, -0.2) is 0 Å². The van der Waals surface area contributed by atoms with Gasteiger partial charge in [0.1, 0.15) is 11.5 Å². The van der Waals surface area contributed by atoms with E-state index < -0.39 is 28.9 Å². The quantitative estimate of drug-likeness (QED) is 0.212. The SMILES string of the molecule is COc1ccc(-c2cc(C3=C(c4cc(C)c(-c5ccc(OC)cc5)s4)C(F)(F)C(F)(F)C3(F)F)c(C)s2)cc1. The van der Waals surface area contributed by atoms with Crippen LogP contribution in [0.3, 0.4) is 0 Å². The first-order valence-electron chi connectivity index (χ1n) is 11.7. The minimum atomic E-state index is -5.61. The lowest BCUT2D eigenvalue weighted by atomic mass is 9.97. The van der Waals surface area contributed by atoms with E-state index in [0.717, 1.165) is 22.7 Å². The summed E-state index contributed by atoms with van der Waals surface area (Å²) in [6, 6.07) is 16.0. The lowest BCUT2D eigenvalue weighted by Gasteiger charge is -2.25. The van der Waals surface area contributed by atoms with Crippen molar-refractivity contribution in [2.24, 2.45) is 0 Å². The molecule has 0 atom stereocenters. The van der Waals surface area contributed by atoms with E-state index in [4.69, 9.17) is 9.47 Å². The normalized spacial score (nSPS) is 17.5. The zero-order valence-corrected chi connectivity index (χ0v) is 22.8. The molecule has 5 rings (SSSR count). The van der Waals surface area contributed by atoms with Crippen molar-refractivity contribution < 1.29 is 35.8 Å². The summed E-state index contributed by atoms with van der Waals surface area (Å²) < 4.78 is 102. The number of hydrogen-bond donors (Lipinski definition) is 0. The average molecular weight is 581 g/mol. The molecule has 2 aromatic heterocycles. The highest BCUT2D eigenvalue weighted by molar-refractivity contribution is 7.17. The minimum absolute atomic E-state index is 0.227. The highest BCUT2D eigenvalue weighted by Gasteiger charge is 2.80. The first-order chi connectivity index (χ1) is 18.3. The molecule has 2 heterocycles. The molecule has 1 aliphatic rings. The molecule has 1 aliphatic carbocycles. The predicted molar refractivity (Wildman–Crippen MR) is 144 cm³/mol. The van der Waals surface area contributed by atoms with E-state index in [1.807, 2.05) is 0 Å². The molecule has 0 unspecified atom stereocenters. The highest BCUT2D eigenvalue weighted by atomic mass is 32.1. The summed E-state index contributed by atoms with van der Waals surface area (Å²) in [7, 11) is 2.98. The molecular weight excluding hydrogens is 558 g/mol. The Bertz CT molecular complexity index is 1560. The number of methoxy groups -OCH3 is 2. The first kappa shape index (κ1) is 27.3. The Balaban J connectivity index is 1.71. The van der Waals surface area contributed by atoms with E-state index in [2.05, 4.69) is 0 Å². The van der Waals surface area contributed by atoms with Gasteiger partial charge < -0.3 is 9.47 Å². The number of alkyl halides is 6. The second kappa shape index (κ2) is 9.45. The third-order valence-corrected chi connectivity index (χ3v) is 9.15. The fourth-order valence-electron chi connectivity index (χ4n) is 4.67. The first-order valence-corrected chi connectivity index (χ1v) is 13.4. The summed E-state index contributed by atoms with van der Waals surface area (Å²) in [5.41, 5.74) is -1.26.